The van der Waals surface area contributed by atoms with Gasteiger partial charge in [0.1, 0.15) is 6.61 Å². The lowest BCUT2D eigenvalue weighted by molar-refractivity contribution is -0.138. The average molecular weight is 178 g/mol. The molecule has 0 bridgehead atoms. The number of rotatable bonds is 5. The molecule has 0 aromatic heterocycles. The van der Waals surface area contributed by atoms with Gasteiger partial charge >= 0.3 is 5.97 Å². The largest absolute Gasteiger partial charge is 0.461 e. The van der Waals surface area contributed by atoms with Crippen LogP contribution >= 0.6 is 11.6 Å². The van der Waals surface area contributed by atoms with Gasteiger partial charge in [-0.25, -0.2) is 4.79 Å². The lowest BCUT2D eigenvalue weighted by Gasteiger charge is -2.02. The second-order valence-corrected chi connectivity index (χ2v) is 2.32. The molecule has 0 saturated carbocycles. The molecule has 0 spiro atoms. The van der Waals surface area contributed by atoms with Crippen molar-refractivity contribution in [2.45, 2.75) is 6.92 Å². The second kappa shape index (κ2) is 6.19. The molecule has 0 atom stereocenters. The zero-order valence-electron chi connectivity index (χ0n) is 6.52. The summed E-state index contributed by atoms with van der Waals surface area (Å²) in [6.45, 7) is 5.95. The van der Waals surface area contributed by atoms with E-state index in [1.807, 2.05) is 0 Å². The van der Waals surface area contributed by atoms with E-state index in [0.717, 1.165) is 0 Å². The minimum atomic E-state index is -0.360. The van der Waals surface area contributed by atoms with Gasteiger partial charge in [0.25, 0.3) is 0 Å². The van der Waals surface area contributed by atoms with Crippen molar-refractivity contribution in [3.63, 3.8) is 0 Å². The monoisotopic (exact) mass is 177 g/mol. The van der Waals surface area contributed by atoms with Gasteiger partial charge in [-0.15, -0.1) is 11.6 Å². The summed E-state index contributed by atoms with van der Waals surface area (Å²) in [6, 6.07) is 0.366. The van der Waals surface area contributed by atoms with Gasteiger partial charge in [-0.05, 0) is 6.92 Å². The van der Waals surface area contributed by atoms with E-state index in [9.17, 15) is 4.79 Å². The first-order chi connectivity index (χ1) is 5.18. The predicted molar refractivity (Wildman–Crippen MR) is 44.5 cm³/mol. The maximum atomic E-state index is 10.7. The normalized spacial score (nSPS) is 9.27. The van der Waals surface area contributed by atoms with Crippen LogP contribution in [0.1, 0.15) is 6.92 Å². The Morgan fingerprint density at radius 3 is 2.82 bits per heavy atom. The number of carbonyl (C=O) groups excluding carboxylic acids is 1. The number of hydrogen-bond donors (Lipinski definition) is 1. The van der Waals surface area contributed by atoms with Gasteiger partial charge in [0.05, 0.1) is 6.00 Å². The Kier molecular flexibility index (Phi) is 5.88. The molecule has 0 fully saturated rings. The number of halogens is 1. The van der Waals surface area contributed by atoms with Crippen LogP contribution in [0.3, 0.4) is 0 Å². The van der Waals surface area contributed by atoms with Crippen LogP contribution in [0.2, 0.25) is 0 Å². The molecule has 64 valence electrons. The highest BCUT2D eigenvalue weighted by Crippen LogP contribution is 1.90. The summed E-state index contributed by atoms with van der Waals surface area (Å²) >= 11 is 5.31. The molecule has 0 rings (SSSR count). The van der Waals surface area contributed by atoms with Crippen LogP contribution in [0, 0.1) is 0 Å². The van der Waals surface area contributed by atoms with Crippen molar-refractivity contribution in [2.75, 3.05) is 19.2 Å². The number of ether oxygens (including phenoxy) is 1. The lowest BCUT2D eigenvalue weighted by Crippen LogP contribution is -2.20. The van der Waals surface area contributed by atoms with Crippen LogP contribution in [0.25, 0.3) is 0 Å². The molecule has 3 nitrogen and oxygen atoms in total. The van der Waals surface area contributed by atoms with E-state index in [1.165, 1.54) is 0 Å². The van der Waals surface area contributed by atoms with E-state index in [1.54, 1.807) is 6.92 Å². The topological polar surface area (TPSA) is 38.3 Å². The highest BCUT2D eigenvalue weighted by molar-refractivity contribution is 6.17. The third-order valence-corrected chi connectivity index (χ3v) is 1.14. The van der Waals surface area contributed by atoms with Gasteiger partial charge in [-0.1, -0.05) is 6.58 Å². The Labute approximate surface area is 71.4 Å². The maximum absolute atomic E-state index is 10.7. The van der Waals surface area contributed by atoms with Crippen LogP contribution in [0.15, 0.2) is 12.2 Å². The van der Waals surface area contributed by atoms with Crippen molar-refractivity contribution < 1.29 is 9.53 Å². The van der Waals surface area contributed by atoms with Crippen molar-refractivity contribution in [3.8, 4) is 0 Å². The fourth-order valence-electron chi connectivity index (χ4n) is 0.406. The Balaban J connectivity index is 3.25. The lowest BCUT2D eigenvalue weighted by atomic mass is 10.4. The van der Waals surface area contributed by atoms with Gasteiger partial charge in [0.15, 0.2) is 0 Å². The summed E-state index contributed by atoms with van der Waals surface area (Å²) in [7, 11) is 0. The van der Waals surface area contributed by atoms with Crippen LogP contribution in [-0.4, -0.2) is 25.1 Å². The fourth-order valence-corrected chi connectivity index (χ4v) is 0.540. The fraction of sp³-hybridized carbons (Fsp3) is 0.571. The second-order valence-electron chi connectivity index (χ2n) is 2.05. The van der Waals surface area contributed by atoms with Crippen LogP contribution in [0.4, 0.5) is 0 Å². The third-order valence-electron chi connectivity index (χ3n) is 0.955. The number of hydrogen-bond acceptors (Lipinski definition) is 3. The van der Waals surface area contributed by atoms with Crippen LogP contribution in [-0.2, 0) is 9.53 Å². The Morgan fingerprint density at radius 2 is 2.36 bits per heavy atom. The van der Waals surface area contributed by atoms with E-state index in [-0.39, 0.29) is 5.97 Å². The first-order valence-corrected chi connectivity index (χ1v) is 3.81. The van der Waals surface area contributed by atoms with Crippen molar-refractivity contribution in [1.82, 2.24) is 5.32 Å². The number of alkyl halides is 1. The Bertz CT molecular complexity index is 147. The minimum Gasteiger partial charge on any atom is -0.461 e. The van der Waals surface area contributed by atoms with Gasteiger partial charge in [0, 0.05) is 12.1 Å². The number of esters is 1. The molecular weight excluding hydrogens is 166 g/mol. The van der Waals surface area contributed by atoms with Crippen molar-refractivity contribution >= 4 is 17.6 Å². The molecule has 0 unspecified atom stereocenters. The molecule has 4 heteroatoms. The molecule has 0 aliphatic carbocycles. The van der Waals surface area contributed by atoms with Crippen molar-refractivity contribution in [2.24, 2.45) is 0 Å². The molecule has 11 heavy (non-hydrogen) atoms. The third kappa shape index (κ3) is 5.88. The highest BCUT2D eigenvalue weighted by atomic mass is 35.5. The van der Waals surface area contributed by atoms with Crippen molar-refractivity contribution in [1.29, 1.82) is 0 Å². The summed E-state index contributed by atoms with van der Waals surface area (Å²) < 4.78 is 4.75. The Morgan fingerprint density at radius 1 is 1.73 bits per heavy atom. The molecule has 0 aromatic carbocycles. The number of carbonyl (C=O) groups is 1. The van der Waals surface area contributed by atoms with Crippen LogP contribution < -0.4 is 5.32 Å². The standard InChI is InChI=1S/C7H12ClNO2/c1-6(2)7(10)11-4-3-9-5-8/h9H,1,3-5H2,2H3. The van der Waals surface area contributed by atoms with E-state index < -0.39 is 0 Å². The van der Waals surface area contributed by atoms with Crippen LogP contribution in [0.5, 0.6) is 0 Å². The van der Waals surface area contributed by atoms with E-state index >= 15 is 0 Å². The molecule has 0 amide bonds. The molecule has 0 saturated heterocycles. The molecule has 1 N–H and O–H groups in total. The molecule has 0 aliphatic heterocycles. The SMILES string of the molecule is C=C(C)C(=O)OCCNCCl. The van der Waals surface area contributed by atoms with Gasteiger partial charge in [0.2, 0.25) is 0 Å². The molecule has 0 heterocycles. The number of nitrogens with one attached hydrogen (secondary N) is 1. The predicted octanol–water partition coefficient (Wildman–Crippen LogP) is 0.892. The zero-order valence-corrected chi connectivity index (χ0v) is 7.28. The van der Waals surface area contributed by atoms with Gasteiger partial charge in [-0.2, -0.15) is 0 Å². The van der Waals surface area contributed by atoms with Gasteiger partial charge in [-0.3, -0.25) is 0 Å². The smallest absolute Gasteiger partial charge is 0.333 e. The zero-order chi connectivity index (χ0) is 8.69. The first kappa shape index (κ1) is 10.5. The van der Waals surface area contributed by atoms with Gasteiger partial charge < -0.3 is 10.1 Å². The highest BCUT2D eigenvalue weighted by Gasteiger charge is 2.00. The van der Waals surface area contributed by atoms with E-state index in [0.29, 0.717) is 24.7 Å². The molecule has 0 aromatic rings. The van der Waals surface area contributed by atoms with E-state index in [4.69, 9.17) is 16.3 Å². The quantitative estimate of drug-likeness (QED) is 0.223. The molecule has 0 aliphatic rings. The first-order valence-electron chi connectivity index (χ1n) is 3.27. The summed E-state index contributed by atoms with van der Waals surface area (Å²) in [6.07, 6.45) is 0. The summed E-state index contributed by atoms with van der Waals surface area (Å²) in [5, 5.41) is 2.80. The molecular formula is C7H12ClNO2. The Hall–Kier alpha value is -0.540. The molecule has 0 radical (unpaired) electrons. The average Bonchev–Trinajstić information content (AvgIpc) is 1.97. The minimum absolute atomic E-state index is 0.332. The summed E-state index contributed by atoms with van der Waals surface area (Å²) in [5.74, 6) is -0.360. The maximum Gasteiger partial charge on any atom is 0.333 e. The van der Waals surface area contributed by atoms with E-state index in [2.05, 4.69) is 11.9 Å². The summed E-state index contributed by atoms with van der Waals surface area (Å²) in [4.78, 5) is 10.7. The summed E-state index contributed by atoms with van der Waals surface area (Å²) in [5.41, 5.74) is 0.413. The van der Waals surface area contributed by atoms with Crippen molar-refractivity contribution in [3.05, 3.63) is 12.2 Å².